The lowest BCUT2D eigenvalue weighted by atomic mass is 9.94. The molecule has 2 atom stereocenters. The SMILES string of the molecule is CCCC(CC(=O)OC(=O)CC(C(C)C)n1ccc(-c2ccc(OC)cc2)c1-c1ccc(C(N)=O)cc1C)n1ccc(-c2ccc(OC)cc2)c1-c1ccc(C(N)=O)cc1C. The van der Waals surface area contributed by atoms with Gasteiger partial charge >= 0.3 is 11.9 Å². The van der Waals surface area contributed by atoms with Crippen molar-refractivity contribution in [2.45, 2.75) is 72.4 Å². The highest BCUT2D eigenvalue weighted by Crippen LogP contribution is 2.41. The largest absolute Gasteiger partial charge is 0.497 e. The van der Waals surface area contributed by atoms with Gasteiger partial charge in [0.05, 0.1) is 38.4 Å². The summed E-state index contributed by atoms with van der Waals surface area (Å²) < 4.78 is 20.6. The predicted molar refractivity (Wildman–Crippen MR) is 238 cm³/mol. The second-order valence-corrected chi connectivity index (χ2v) is 15.7. The number of aryl methyl sites for hydroxylation is 2. The summed E-state index contributed by atoms with van der Waals surface area (Å²) in [7, 11) is 3.24. The van der Waals surface area contributed by atoms with Crippen LogP contribution in [-0.4, -0.2) is 47.1 Å². The van der Waals surface area contributed by atoms with Gasteiger partial charge in [0, 0.05) is 57.9 Å². The number of benzene rings is 4. The average Bonchev–Trinajstić information content (AvgIpc) is 3.88. The topological polar surface area (TPSA) is 158 Å². The number of primary amides is 2. The van der Waals surface area contributed by atoms with Crippen molar-refractivity contribution in [3.8, 4) is 56.3 Å². The molecule has 61 heavy (non-hydrogen) atoms. The molecule has 0 radical (unpaired) electrons. The lowest BCUT2D eigenvalue weighted by Gasteiger charge is -2.26. The van der Waals surface area contributed by atoms with Crippen molar-refractivity contribution in [1.29, 1.82) is 0 Å². The molecular weight excluding hydrogens is 769 g/mol. The lowest BCUT2D eigenvalue weighted by Crippen LogP contribution is -2.24. The van der Waals surface area contributed by atoms with Crippen molar-refractivity contribution < 1.29 is 33.4 Å². The van der Waals surface area contributed by atoms with Crippen molar-refractivity contribution in [2.24, 2.45) is 17.4 Å². The van der Waals surface area contributed by atoms with Gasteiger partial charge in [0.25, 0.3) is 0 Å². The molecule has 6 aromatic rings. The number of rotatable bonds is 17. The number of hydrogen-bond donors (Lipinski definition) is 2. The number of nitrogens with zero attached hydrogens (tertiary/aromatic N) is 2. The van der Waals surface area contributed by atoms with E-state index in [-0.39, 0.29) is 24.8 Å². The Hall–Kier alpha value is -6.88. The number of carbonyl (C=O) groups is 4. The van der Waals surface area contributed by atoms with E-state index in [9.17, 15) is 19.2 Å². The van der Waals surface area contributed by atoms with Crippen LogP contribution in [0.25, 0.3) is 44.8 Å². The van der Waals surface area contributed by atoms with Crippen LogP contribution in [0.4, 0.5) is 0 Å². The number of aromatic nitrogens is 2. The molecule has 0 saturated heterocycles. The standard InChI is InChI=1S/C50H54N4O7/c1-8-9-37(53-24-22-42(33-10-16-38(59-6)17-11-33)47(53)40-20-14-35(49(51)57)26-31(40)4)28-45(55)61-46(56)29-44(30(2)3)54-25-23-43(34-12-18-39(60-7)19-13-34)48(54)41-21-15-36(50(52)58)27-32(41)5/h10-27,30,37,44H,8-9,28-29H2,1-7H3,(H2,51,57)(H2,52,58). The molecule has 11 nitrogen and oxygen atoms in total. The van der Waals surface area contributed by atoms with Crippen molar-refractivity contribution in [3.05, 3.63) is 132 Å². The van der Waals surface area contributed by atoms with Crippen molar-refractivity contribution >= 4 is 23.8 Å². The molecule has 316 valence electrons. The molecule has 0 spiro atoms. The molecule has 0 bridgehead atoms. The van der Waals surface area contributed by atoms with Gasteiger partial charge in [-0.2, -0.15) is 0 Å². The molecule has 2 unspecified atom stereocenters. The quantitative estimate of drug-likeness (QED) is 0.0685. The van der Waals surface area contributed by atoms with Gasteiger partial charge in [-0.05, 0) is 109 Å². The zero-order valence-electron chi connectivity index (χ0n) is 35.9. The van der Waals surface area contributed by atoms with Crippen LogP contribution in [0.2, 0.25) is 0 Å². The van der Waals surface area contributed by atoms with Crippen molar-refractivity contribution in [1.82, 2.24) is 9.13 Å². The summed E-state index contributed by atoms with van der Waals surface area (Å²) in [5, 5.41) is 0. The molecule has 0 aliphatic rings. The first-order chi connectivity index (χ1) is 29.2. The number of esters is 2. The Morgan fingerprint density at radius 2 is 1.03 bits per heavy atom. The molecule has 2 aromatic heterocycles. The maximum absolute atomic E-state index is 13.9. The van der Waals surface area contributed by atoms with E-state index in [1.165, 1.54) is 0 Å². The van der Waals surface area contributed by atoms with Crippen LogP contribution >= 0.6 is 0 Å². The third kappa shape index (κ3) is 9.62. The molecule has 0 aliphatic heterocycles. The minimum atomic E-state index is -0.630. The summed E-state index contributed by atoms with van der Waals surface area (Å²) in [6.45, 7) is 9.97. The smallest absolute Gasteiger partial charge is 0.315 e. The van der Waals surface area contributed by atoms with Crippen LogP contribution in [0.15, 0.2) is 109 Å². The Bertz CT molecular complexity index is 2550. The van der Waals surface area contributed by atoms with E-state index >= 15 is 0 Å². The molecule has 2 amide bonds. The summed E-state index contributed by atoms with van der Waals surface area (Å²) in [6, 6.07) is 29.5. The van der Waals surface area contributed by atoms with E-state index in [1.807, 2.05) is 113 Å². The highest BCUT2D eigenvalue weighted by atomic mass is 16.6. The molecule has 2 heterocycles. The number of hydrogen-bond acceptors (Lipinski definition) is 7. The first-order valence-electron chi connectivity index (χ1n) is 20.5. The fourth-order valence-electron chi connectivity index (χ4n) is 8.12. The van der Waals surface area contributed by atoms with E-state index in [1.54, 1.807) is 38.5 Å². The van der Waals surface area contributed by atoms with Gasteiger partial charge in [0.2, 0.25) is 11.8 Å². The van der Waals surface area contributed by atoms with Crippen LogP contribution in [0, 0.1) is 19.8 Å². The summed E-state index contributed by atoms with van der Waals surface area (Å²) in [5.74, 6) is -0.887. The minimum absolute atomic E-state index is 0.0430. The van der Waals surface area contributed by atoms with Gasteiger partial charge in [0.15, 0.2) is 0 Å². The predicted octanol–water partition coefficient (Wildman–Crippen LogP) is 9.88. The van der Waals surface area contributed by atoms with Gasteiger partial charge in [-0.25, -0.2) is 0 Å². The summed E-state index contributed by atoms with van der Waals surface area (Å²) in [4.78, 5) is 51.9. The van der Waals surface area contributed by atoms with Crippen LogP contribution < -0.4 is 20.9 Å². The number of carbonyl (C=O) groups excluding carboxylic acids is 4. The Morgan fingerprint density at radius 1 is 0.590 bits per heavy atom. The Labute approximate surface area is 357 Å². The molecule has 4 N–H and O–H groups in total. The highest BCUT2D eigenvalue weighted by molar-refractivity contribution is 5.95. The number of ether oxygens (including phenoxy) is 3. The lowest BCUT2D eigenvalue weighted by molar-refractivity contribution is -0.161. The van der Waals surface area contributed by atoms with Crippen LogP contribution in [0.5, 0.6) is 11.5 Å². The second kappa shape index (κ2) is 19.0. The Balaban J connectivity index is 1.31. The minimum Gasteiger partial charge on any atom is -0.497 e. The number of nitrogens with two attached hydrogens (primary N) is 2. The summed E-state index contributed by atoms with van der Waals surface area (Å²) >= 11 is 0. The first-order valence-corrected chi connectivity index (χ1v) is 20.5. The van der Waals surface area contributed by atoms with E-state index in [4.69, 9.17) is 25.7 Å². The zero-order valence-corrected chi connectivity index (χ0v) is 35.9. The molecule has 4 aromatic carbocycles. The van der Waals surface area contributed by atoms with Crippen molar-refractivity contribution in [3.63, 3.8) is 0 Å². The van der Waals surface area contributed by atoms with Crippen molar-refractivity contribution in [2.75, 3.05) is 14.2 Å². The van der Waals surface area contributed by atoms with E-state index in [0.29, 0.717) is 17.5 Å². The van der Waals surface area contributed by atoms with Gasteiger partial charge in [0.1, 0.15) is 11.5 Å². The van der Waals surface area contributed by atoms with E-state index in [0.717, 1.165) is 73.8 Å². The molecule has 0 aliphatic carbocycles. The van der Waals surface area contributed by atoms with E-state index < -0.39 is 29.8 Å². The fraction of sp³-hybridized carbons (Fsp3) is 0.280. The molecule has 6 rings (SSSR count). The highest BCUT2D eigenvalue weighted by Gasteiger charge is 2.29. The first kappa shape index (κ1) is 43.7. The molecular formula is C50H54N4O7. The zero-order chi connectivity index (χ0) is 44.0. The molecule has 0 fully saturated rings. The molecule has 0 saturated carbocycles. The Morgan fingerprint density at radius 3 is 1.44 bits per heavy atom. The number of methoxy groups -OCH3 is 2. The third-order valence-corrected chi connectivity index (χ3v) is 11.3. The van der Waals surface area contributed by atoms with Crippen LogP contribution in [0.1, 0.15) is 90.4 Å². The van der Waals surface area contributed by atoms with Crippen LogP contribution in [0.3, 0.4) is 0 Å². The number of amides is 2. The normalized spacial score (nSPS) is 12.2. The van der Waals surface area contributed by atoms with Crippen LogP contribution in [-0.2, 0) is 14.3 Å². The summed E-state index contributed by atoms with van der Waals surface area (Å²) in [6.07, 6.45) is 5.21. The Kier molecular flexibility index (Phi) is 13.6. The molecule has 11 heteroatoms. The fourth-order valence-corrected chi connectivity index (χ4v) is 8.12. The van der Waals surface area contributed by atoms with Gasteiger partial charge in [-0.1, -0.05) is 63.6 Å². The average molecular weight is 823 g/mol. The van der Waals surface area contributed by atoms with Gasteiger partial charge in [-0.3, -0.25) is 19.2 Å². The summed E-state index contributed by atoms with van der Waals surface area (Å²) in [5.41, 5.74) is 20.9. The third-order valence-electron chi connectivity index (χ3n) is 11.3. The van der Waals surface area contributed by atoms with Gasteiger partial charge in [-0.15, -0.1) is 0 Å². The monoisotopic (exact) mass is 822 g/mol. The maximum Gasteiger partial charge on any atom is 0.315 e. The second-order valence-electron chi connectivity index (χ2n) is 15.7. The van der Waals surface area contributed by atoms with E-state index in [2.05, 4.69) is 16.1 Å². The van der Waals surface area contributed by atoms with Gasteiger partial charge < -0.3 is 34.8 Å². The maximum atomic E-state index is 13.9.